The second-order valence-electron chi connectivity index (χ2n) is 12.9. The van der Waals surface area contributed by atoms with Gasteiger partial charge in [0.05, 0.1) is 18.0 Å². The van der Waals surface area contributed by atoms with Gasteiger partial charge in [0.1, 0.15) is 18.1 Å². The van der Waals surface area contributed by atoms with Crippen LogP contribution in [0.25, 0.3) is 0 Å². The van der Waals surface area contributed by atoms with Crippen molar-refractivity contribution in [2.24, 2.45) is 22.7 Å². The van der Waals surface area contributed by atoms with E-state index in [0.717, 1.165) is 38.5 Å². The number of para-hydroxylation sites is 1. The fourth-order valence-electron chi connectivity index (χ4n) is 6.74. The van der Waals surface area contributed by atoms with E-state index in [1.165, 1.54) is 11.0 Å². The van der Waals surface area contributed by atoms with Gasteiger partial charge in [-0.15, -0.1) is 0 Å². The molecule has 3 aliphatic heterocycles. The van der Waals surface area contributed by atoms with Crippen LogP contribution >= 0.6 is 0 Å². The van der Waals surface area contributed by atoms with E-state index in [1.54, 1.807) is 60.7 Å². The number of carbonyl (C=O) groups is 3. The van der Waals surface area contributed by atoms with Crippen LogP contribution in [0.4, 0.5) is 20.6 Å². The van der Waals surface area contributed by atoms with Gasteiger partial charge in [-0.05, 0) is 86.6 Å². The smallest absolute Gasteiger partial charge is 0.321 e. The first kappa shape index (κ1) is 30.0. The summed E-state index contributed by atoms with van der Waals surface area (Å²) in [7, 11) is 0. The summed E-state index contributed by atoms with van der Waals surface area (Å²) in [5, 5.41) is 5.46. The summed E-state index contributed by atoms with van der Waals surface area (Å²) < 4.78 is 21.1. The van der Waals surface area contributed by atoms with Crippen LogP contribution in [0.3, 0.4) is 0 Å². The first-order valence-electron chi connectivity index (χ1n) is 16.2. The molecule has 10 heteroatoms. The number of nitrogens with one attached hydrogen (secondary N) is 2. The maximum atomic E-state index is 15.2. The van der Waals surface area contributed by atoms with Gasteiger partial charge in [-0.25, -0.2) is 14.2 Å². The van der Waals surface area contributed by atoms with E-state index in [-0.39, 0.29) is 23.7 Å². The minimum absolute atomic E-state index is 0.150. The van der Waals surface area contributed by atoms with Crippen LogP contribution in [0.1, 0.15) is 49.7 Å². The topological polar surface area (TPSA) is 103 Å². The predicted octanol–water partition coefficient (Wildman–Crippen LogP) is 5.59. The van der Waals surface area contributed by atoms with Crippen molar-refractivity contribution in [1.82, 2.24) is 10.2 Å². The van der Waals surface area contributed by atoms with Gasteiger partial charge < -0.3 is 20.3 Å². The Morgan fingerprint density at radius 3 is 2.28 bits per heavy atom. The molecule has 3 aromatic rings. The molecule has 4 amide bonds. The molecule has 2 bridgehead atoms. The van der Waals surface area contributed by atoms with Gasteiger partial charge in [0.25, 0.3) is 5.91 Å². The van der Waals surface area contributed by atoms with E-state index in [2.05, 4.69) is 15.6 Å². The van der Waals surface area contributed by atoms with Crippen LogP contribution < -0.4 is 20.3 Å². The molecule has 0 spiro atoms. The van der Waals surface area contributed by atoms with E-state index < -0.39 is 23.9 Å². The summed E-state index contributed by atoms with van der Waals surface area (Å²) in [6.07, 6.45) is 5.39. The molecular formula is C36H38FN5O4. The minimum Gasteiger partial charge on any atom is -0.493 e. The van der Waals surface area contributed by atoms with Crippen molar-refractivity contribution in [3.8, 4) is 5.75 Å². The summed E-state index contributed by atoms with van der Waals surface area (Å²) in [6.45, 7) is 1.79. The van der Waals surface area contributed by atoms with Gasteiger partial charge in [-0.1, -0.05) is 36.4 Å². The molecule has 4 fully saturated rings. The van der Waals surface area contributed by atoms with Crippen molar-refractivity contribution in [1.29, 1.82) is 0 Å². The van der Waals surface area contributed by atoms with Gasteiger partial charge in [0.2, 0.25) is 12.1 Å². The number of halogens is 1. The molecule has 1 atom stereocenters. The number of benzodiazepines with no additional fused rings is 1. The summed E-state index contributed by atoms with van der Waals surface area (Å²) in [5.74, 6) is 0.916. The third kappa shape index (κ3) is 6.61. The van der Waals surface area contributed by atoms with Gasteiger partial charge >= 0.3 is 6.03 Å². The molecule has 9 nitrogen and oxygen atoms in total. The molecule has 2 saturated heterocycles. The highest BCUT2D eigenvalue weighted by Crippen LogP contribution is 2.35. The number of rotatable bonds is 8. The Labute approximate surface area is 267 Å². The minimum atomic E-state index is -1.43. The number of fused-ring (bicyclic) bond motifs is 5. The lowest BCUT2D eigenvalue weighted by Crippen LogP contribution is -2.51. The number of urea groups is 1. The molecule has 0 radical (unpaired) electrons. The zero-order valence-corrected chi connectivity index (χ0v) is 25.7. The molecule has 3 aromatic carbocycles. The normalized spacial score (nSPS) is 22.3. The molecule has 0 aromatic heterocycles. The fraction of sp³-hybridized carbons (Fsp3) is 0.389. The zero-order valence-electron chi connectivity index (χ0n) is 25.7. The van der Waals surface area contributed by atoms with E-state index in [1.807, 2.05) is 11.0 Å². The van der Waals surface area contributed by atoms with Crippen molar-refractivity contribution < 1.29 is 23.5 Å². The van der Waals surface area contributed by atoms with Crippen molar-refractivity contribution in [3.63, 3.8) is 0 Å². The molecule has 46 heavy (non-hydrogen) atoms. The van der Waals surface area contributed by atoms with Crippen molar-refractivity contribution in [3.05, 3.63) is 89.7 Å². The Hall–Kier alpha value is -4.73. The fourth-order valence-corrected chi connectivity index (χ4v) is 6.74. The number of benzene rings is 3. The van der Waals surface area contributed by atoms with Gasteiger partial charge in [-0.2, -0.15) is 0 Å². The Morgan fingerprint density at radius 1 is 0.870 bits per heavy atom. The van der Waals surface area contributed by atoms with Crippen molar-refractivity contribution in [2.75, 3.05) is 36.5 Å². The zero-order chi connectivity index (χ0) is 31.6. The van der Waals surface area contributed by atoms with Crippen molar-refractivity contribution >= 4 is 34.9 Å². The Kier molecular flexibility index (Phi) is 8.43. The second kappa shape index (κ2) is 12.9. The number of hydrogen-bond donors (Lipinski definition) is 2. The summed E-state index contributed by atoms with van der Waals surface area (Å²) in [5.41, 5.74) is 1.82. The molecule has 2 N–H and O–H groups in total. The number of amides is 4. The third-order valence-corrected chi connectivity index (χ3v) is 9.45. The lowest BCUT2D eigenvalue weighted by molar-refractivity contribution is -0.132. The predicted molar refractivity (Wildman–Crippen MR) is 173 cm³/mol. The highest BCUT2D eigenvalue weighted by Gasteiger charge is 2.37. The standard InChI is InChI=1S/C36H38FN5O4/c37-30-10-3-1-8-28(30)33-29-9-2-4-11-31(29)42(21-32(43)41-19-23-12-13-24(20-41)15-14-23)35(44)34(39-33)40-36(45)38-26-6-5-7-27(18-26)46-22-25-16-17-25/h1-11,18,23-25,34H,12-17,19-22H2,(H2,38,40,45). The van der Waals surface area contributed by atoms with Crippen LogP contribution in [0.15, 0.2) is 77.8 Å². The van der Waals surface area contributed by atoms with Crippen molar-refractivity contribution in [2.45, 2.75) is 44.7 Å². The van der Waals surface area contributed by atoms with Gasteiger partial charge in [0, 0.05) is 36.0 Å². The maximum absolute atomic E-state index is 15.2. The molecule has 3 heterocycles. The van der Waals surface area contributed by atoms with E-state index in [0.29, 0.717) is 60.1 Å². The highest BCUT2D eigenvalue weighted by molar-refractivity contribution is 6.21. The van der Waals surface area contributed by atoms with Crippen LogP contribution in [0, 0.1) is 23.6 Å². The first-order valence-corrected chi connectivity index (χ1v) is 16.2. The lowest BCUT2D eigenvalue weighted by atomic mass is 9.84. The monoisotopic (exact) mass is 623 g/mol. The molecule has 5 aliphatic rings. The highest BCUT2D eigenvalue weighted by atomic mass is 19.1. The molecule has 2 saturated carbocycles. The molecule has 8 rings (SSSR count). The average molecular weight is 624 g/mol. The largest absolute Gasteiger partial charge is 0.493 e. The second-order valence-corrected chi connectivity index (χ2v) is 12.9. The van der Waals surface area contributed by atoms with E-state index >= 15 is 4.39 Å². The van der Waals surface area contributed by atoms with Gasteiger partial charge in [0.15, 0.2) is 0 Å². The Bertz CT molecular complexity index is 1650. The molecule has 2 aliphatic carbocycles. The first-order chi connectivity index (χ1) is 22.4. The van der Waals surface area contributed by atoms with Crippen LogP contribution in [-0.4, -0.2) is 60.9 Å². The van der Waals surface area contributed by atoms with Crippen LogP contribution in [-0.2, 0) is 9.59 Å². The number of ether oxygens (including phenoxy) is 1. The summed E-state index contributed by atoms with van der Waals surface area (Å²) >= 11 is 0. The lowest BCUT2D eigenvalue weighted by Gasteiger charge is -2.29. The maximum Gasteiger partial charge on any atom is 0.321 e. The number of carbonyl (C=O) groups excluding carboxylic acids is 3. The van der Waals surface area contributed by atoms with E-state index in [9.17, 15) is 14.4 Å². The molecule has 1 unspecified atom stereocenters. The number of anilines is 2. The molecule has 238 valence electrons. The SMILES string of the molecule is O=C(Nc1cccc(OCC2CC2)c1)NC1N=C(c2ccccc2F)c2ccccc2N(CC(=O)N2CC3CCC(CC3)C2)C1=O. The Balaban J connectivity index is 1.18. The van der Waals surface area contributed by atoms with E-state index in [4.69, 9.17) is 4.74 Å². The average Bonchev–Trinajstić information content (AvgIpc) is 3.93. The quantitative estimate of drug-likeness (QED) is 0.341. The number of hydrogen-bond acceptors (Lipinski definition) is 5. The summed E-state index contributed by atoms with van der Waals surface area (Å²) in [6, 6.07) is 19.6. The number of aliphatic imine (C=N–C) groups is 1. The molecular weight excluding hydrogens is 585 g/mol. The van der Waals surface area contributed by atoms with Crippen LogP contribution in [0.5, 0.6) is 5.75 Å². The van der Waals surface area contributed by atoms with Crippen LogP contribution in [0.2, 0.25) is 0 Å². The summed E-state index contributed by atoms with van der Waals surface area (Å²) in [4.78, 5) is 49.4. The third-order valence-electron chi connectivity index (χ3n) is 9.45. The van der Waals surface area contributed by atoms with Gasteiger partial charge in [-0.3, -0.25) is 14.5 Å². The Morgan fingerprint density at radius 2 is 1.57 bits per heavy atom. The number of nitrogens with zero attached hydrogens (tertiary/aromatic N) is 3.